The molecule has 32 heavy (non-hydrogen) atoms. The minimum absolute atomic E-state index is 0.00955. The highest BCUT2D eigenvalue weighted by atomic mass is 79.9. The van der Waals surface area contributed by atoms with Crippen molar-refractivity contribution in [1.29, 1.82) is 0 Å². The Morgan fingerprint density at radius 3 is 2.22 bits per heavy atom. The second-order valence-electron chi connectivity index (χ2n) is 7.97. The number of benzene rings is 2. The lowest BCUT2D eigenvalue weighted by Crippen LogP contribution is -2.54. The molecule has 1 saturated heterocycles. The van der Waals surface area contributed by atoms with Crippen molar-refractivity contribution in [3.8, 4) is 0 Å². The van der Waals surface area contributed by atoms with E-state index in [4.69, 9.17) is 0 Å². The lowest BCUT2D eigenvalue weighted by molar-refractivity contribution is -0.134. The molecule has 0 aliphatic carbocycles. The second kappa shape index (κ2) is 11.3. The van der Waals surface area contributed by atoms with Crippen LogP contribution in [0.3, 0.4) is 0 Å². The van der Waals surface area contributed by atoms with Crippen LogP contribution in [0.5, 0.6) is 0 Å². The Balaban J connectivity index is 1.72. The van der Waals surface area contributed by atoms with E-state index in [-0.39, 0.29) is 23.6 Å². The van der Waals surface area contributed by atoms with Gasteiger partial charge in [0.05, 0.1) is 0 Å². The first-order valence-corrected chi connectivity index (χ1v) is 11.9. The van der Waals surface area contributed by atoms with Gasteiger partial charge in [-0.05, 0) is 62.9 Å². The predicted molar refractivity (Wildman–Crippen MR) is 128 cm³/mol. The van der Waals surface area contributed by atoms with Crippen LogP contribution in [0, 0.1) is 5.92 Å². The Hall–Kier alpha value is -2.67. The van der Waals surface area contributed by atoms with Crippen molar-refractivity contribution in [3.05, 3.63) is 70.2 Å². The Kier molecular flexibility index (Phi) is 8.45. The molecular formula is C25H30BrN3O3. The molecule has 0 unspecified atom stereocenters. The average Bonchev–Trinajstić information content (AvgIpc) is 2.83. The van der Waals surface area contributed by atoms with Crippen molar-refractivity contribution in [2.24, 2.45) is 5.92 Å². The first-order valence-electron chi connectivity index (χ1n) is 11.1. The van der Waals surface area contributed by atoms with Gasteiger partial charge in [-0.15, -0.1) is 0 Å². The fraction of sp³-hybridized carbons (Fsp3) is 0.400. The summed E-state index contributed by atoms with van der Waals surface area (Å²) in [6, 6.07) is 15.7. The van der Waals surface area contributed by atoms with Gasteiger partial charge in [-0.2, -0.15) is 0 Å². The van der Waals surface area contributed by atoms with Gasteiger partial charge in [-0.25, -0.2) is 0 Å². The predicted octanol–water partition coefficient (Wildman–Crippen LogP) is 3.97. The first-order chi connectivity index (χ1) is 15.4. The summed E-state index contributed by atoms with van der Waals surface area (Å²) in [6.07, 6.45) is 1.32. The molecule has 7 heteroatoms. The largest absolute Gasteiger partial charge is 0.341 e. The maximum atomic E-state index is 13.3. The number of piperidine rings is 1. The van der Waals surface area contributed by atoms with E-state index in [0.717, 1.165) is 4.47 Å². The normalized spacial score (nSPS) is 15.2. The van der Waals surface area contributed by atoms with E-state index >= 15 is 0 Å². The summed E-state index contributed by atoms with van der Waals surface area (Å²) >= 11 is 3.42. The van der Waals surface area contributed by atoms with Gasteiger partial charge in [0.25, 0.3) is 11.8 Å². The van der Waals surface area contributed by atoms with Crippen LogP contribution < -0.4 is 5.32 Å². The summed E-state index contributed by atoms with van der Waals surface area (Å²) in [4.78, 5) is 42.6. The van der Waals surface area contributed by atoms with Gasteiger partial charge in [-0.3, -0.25) is 14.4 Å². The molecule has 0 saturated carbocycles. The highest BCUT2D eigenvalue weighted by Crippen LogP contribution is 2.24. The molecule has 0 radical (unpaired) electrons. The molecular weight excluding hydrogens is 470 g/mol. The van der Waals surface area contributed by atoms with Crippen LogP contribution >= 0.6 is 15.9 Å². The number of halogens is 1. The molecule has 1 aliphatic rings. The maximum absolute atomic E-state index is 13.3. The summed E-state index contributed by atoms with van der Waals surface area (Å²) in [6.45, 7) is 6.17. The Bertz CT molecular complexity index is 938. The second-order valence-corrected chi connectivity index (χ2v) is 8.88. The number of likely N-dealkylation sites (N-methyl/N-ethyl adjacent to an activating group) is 1. The molecule has 1 fully saturated rings. The molecule has 3 amide bonds. The Morgan fingerprint density at radius 2 is 1.62 bits per heavy atom. The molecule has 1 heterocycles. The molecule has 0 spiro atoms. The Morgan fingerprint density at radius 1 is 1.00 bits per heavy atom. The monoisotopic (exact) mass is 499 g/mol. The minimum Gasteiger partial charge on any atom is -0.341 e. The lowest BCUT2D eigenvalue weighted by atomic mass is 9.87. The van der Waals surface area contributed by atoms with Gasteiger partial charge >= 0.3 is 0 Å². The van der Waals surface area contributed by atoms with Crippen molar-refractivity contribution in [2.45, 2.75) is 32.7 Å². The van der Waals surface area contributed by atoms with Crippen molar-refractivity contribution in [2.75, 3.05) is 26.2 Å². The fourth-order valence-corrected chi connectivity index (χ4v) is 4.57. The van der Waals surface area contributed by atoms with Crippen LogP contribution in [0.2, 0.25) is 0 Å². The molecule has 170 valence electrons. The van der Waals surface area contributed by atoms with E-state index in [1.54, 1.807) is 17.0 Å². The van der Waals surface area contributed by atoms with E-state index in [1.807, 2.05) is 61.2 Å². The quantitative estimate of drug-likeness (QED) is 0.626. The fourth-order valence-electron chi connectivity index (χ4n) is 4.17. The number of nitrogens with one attached hydrogen (secondary N) is 1. The van der Waals surface area contributed by atoms with Crippen molar-refractivity contribution >= 4 is 33.7 Å². The van der Waals surface area contributed by atoms with Gasteiger partial charge in [0, 0.05) is 41.8 Å². The van der Waals surface area contributed by atoms with Gasteiger partial charge < -0.3 is 15.1 Å². The summed E-state index contributed by atoms with van der Waals surface area (Å²) < 4.78 is 0.867. The SMILES string of the molecule is CCN(CC)C(=O)[C@H](NC(=O)c1ccccc1)C1CCN(C(=O)c2cccc(Br)c2)CC1. The third-order valence-corrected chi connectivity index (χ3v) is 6.53. The van der Waals surface area contributed by atoms with E-state index in [2.05, 4.69) is 21.2 Å². The molecule has 0 aromatic heterocycles. The van der Waals surface area contributed by atoms with Gasteiger partial charge in [-0.1, -0.05) is 40.2 Å². The maximum Gasteiger partial charge on any atom is 0.253 e. The van der Waals surface area contributed by atoms with Crippen molar-refractivity contribution in [3.63, 3.8) is 0 Å². The third kappa shape index (κ3) is 5.76. The number of hydrogen-bond donors (Lipinski definition) is 1. The molecule has 2 aromatic rings. The van der Waals surface area contributed by atoms with Crippen LogP contribution in [0.4, 0.5) is 0 Å². The van der Waals surface area contributed by atoms with Gasteiger partial charge in [0.15, 0.2) is 0 Å². The molecule has 2 aromatic carbocycles. The number of rotatable bonds is 7. The zero-order chi connectivity index (χ0) is 23.1. The lowest BCUT2D eigenvalue weighted by Gasteiger charge is -2.37. The number of amides is 3. The number of hydrogen-bond acceptors (Lipinski definition) is 3. The highest BCUT2D eigenvalue weighted by molar-refractivity contribution is 9.10. The number of carbonyl (C=O) groups is 3. The highest BCUT2D eigenvalue weighted by Gasteiger charge is 2.35. The zero-order valence-corrected chi connectivity index (χ0v) is 20.2. The molecule has 1 atom stereocenters. The summed E-state index contributed by atoms with van der Waals surface area (Å²) in [5, 5.41) is 3.00. The van der Waals surface area contributed by atoms with Crippen LogP contribution in [0.15, 0.2) is 59.1 Å². The Labute approximate surface area is 198 Å². The van der Waals surface area contributed by atoms with Crippen molar-refractivity contribution < 1.29 is 14.4 Å². The van der Waals surface area contributed by atoms with E-state index < -0.39 is 6.04 Å². The molecule has 1 aliphatic heterocycles. The number of nitrogens with zero attached hydrogens (tertiary/aromatic N) is 2. The standard InChI is InChI=1S/C25H30BrN3O3/c1-3-28(4-2)25(32)22(27-23(30)19-9-6-5-7-10-19)18-13-15-29(16-14-18)24(31)20-11-8-12-21(26)17-20/h5-12,17-18,22H,3-4,13-16H2,1-2H3,(H,27,30)/t22-/m1/s1. The van der Waals surface area contributed by atoms with Crippen LogP contribution in [-0.2, 0) is 4.79 Å². The van der Waals surface area contributed by atoms with E-state index in [1.165, 1.54) is 0 Å². The zero-order valence-electron chi connectivity index (χ0n) is 18.6. The third-order valence-electron chi connectivity index (χ3n) is 6.03. The van der Waals surface area contributed by atoms with E-state index in [9.17, 15) is 14.4 Å². The molecule has 0 bridgehead atoms. The first kappa shape index (κ1) is 24.0. The topological polar surface area (TPSA) is 69.7 Å². The number of carbonyl (C=O) groups excluding carboxylic acids is 3. The van der Waals surface area contributed by atoms with Crippen LogP contribution in [0.25, 0.3) is 0 Å². The number of likely N-dealkylation sites (tertiary alicyclic amines) is 1. The van der Waals surface area contributed by atoms with E-state index in [0.29, 0.717) is 50.1 Å². The summed E-state index contributed by atoms with van der Waals surface area (Å²) in [7, 11) is 0. The molecule has 3 rings (SSSR count). The average molecular weight is 500 g/mol. The van der Waals surface area contributed by atoms with Crippen LogP contribution in [0.1, 0.15) is 47.4 Å². The van der Waals surface area contributed by atoms with Crippen molar-refractivity contribution in [1.82, 2.24) is 15.1 Å². The molecule has 1 N–H and O–H groups in total. The van der Waals surface area contributed by atoms with Gasteiger partial charge in [0.1, 0.15) is 6.04 Å². The summed E-state index contributed by atoms with van der Waals surface area (Å²) in [5.41, 5.74) is 1.18. The summed E-state index contributed by atoms with van der Waals surface area (Å²) in [5.74, 6) is -0.341. The van der Waals surface area contributed by atoms with Gasteiger partial charge in [0.2, 0.25) is 5.91 Å². The van der Waals surface area contributed by atoms with Crippen LogP contribution in [-0.4, -0.2) is 59.7 Å². The molecule has 6 nitrogen and oxygen atoms in total. The smallest absolute Gasteiger partial charge is 0.253 e. The minimum atomic E-state index is -0.606.